The zero-order valence-electron chi connectivity index (χ0n) is 11.0. The Kier molecular flexibility index (Phi) is 4.41. The lowest BCUT2D eigenvalue weighted by Crippen LogP contribution is -2.37. The first-order chi connectivity index (χ1) is 8.15. The van der Waals surface area contributed by atoms with Crippen molar-refractivity contribution in [2.45, 2.75) is 45.1 Å². The minimum Gasteiger partial charge on any atom is -0.393 e. The topological polar surface area (TPSA) is 23.5 Å². The zero-order chi connectivity index (χ0) is 12.3. The number of likely N-dealkylation sites (tertiary alicyclic amines) is 1. The van der Waals surface area contributed by atoms with Crippen LogP contribution in [0.3, 0.4) is 0 Å². The van der Waals surface area contributed by atoms with Crippen LogP contribution in [0.2, 0.25) is 0 Å². The molecule has 0 bridgehead atoms. The summed E-state index contributed by atoms with van der Waals surface area (Å²) < 4.78 is 0. The lowest BCUT2D eigenvalue weighted by Gasteiger charge is -2.32. The van der Waals surface area contributed by atoms with Gasteiger partial charge in [0.05, 0.1) is 6.10 Å². The molecule has 0 spiro atoms. The van der Waals surface area contributed by atoms with Crippen molar-refractivity contribution < 1.29 is 5.11 Å². The molecular formula is C15H25NO. The Hall–Kier alpha value is -0.600. The Morgan fingerprint density at radius 2 is 2.12 bits per heavy atom. The van der Waals surface area contributed by atoms with Crippen LogP contribution < -0.4 is 0 Å². The molecule has 2 nitrogen and oxygen atoms in total. The standard InChI is InChI=1S/C15H25NO/c1-12(2)14-5-3-13(4-6-14)11-16-9-7-15(17)8-10-16/h3,14-15,17H,1,4-11H2,2H3/t14-/m1/s1. The number of nitrogens with zero attached hydrogens (tertiary/aromatic N) is 1. The fourth-order valence-corrected chi connectivity index (χ4v) is 2.84. The van der Waals surface area contributed by atoms with Gasteiger partial charge in [-0.1, -0.05) is 23.8 Å². The number of hydrogen-bond acceptors (Lipinski definition) is 2. The molecule has 0 radical (unpaired) electrons. The molecule has 0 unspecified atom stereocenters. The molecule has 0 aromatic carbocycles. The molecule has 96 valence electrons. The largest absolute Gasteiger partial charge is 0.393 e. The number of allylic oxidation sites excluding steroid dienone is 2. The summed E-state index contributed by atoms with van der Waals surface area (Å²) in [6.45, 7) is 9.45. The number of rotatable bonds is 3. The average molecular weight is 235 g/mol. The van der Waals surface area contributed by atoms with Gasteiger partial charge in [0.15, 0.2) is 0 Å². The van der Waals surface area contributed by atoms with Crippen molar-refractivity contribution in [2.24, 2.45) is 5.92 Å². The van der Waals surface area contributed by atoms with Crippen molar-refractivity contribution in [1.82, 2.24) is 4.90 Å². The molecule has 2 rings (SSSR count). The SMILES string of the molecule is C=C(C)[C@@H]1CC=C(CN2CCC(O)CC2)CC1. The normalized spacial score (nSPS) is 27.9. The van der Waals surface area contributed by atoms with Gasteiger partial charge in [-0.15, -0.1) is 0 Å². The fourth-order valence-electron chi connectivity index (χ4n) is 2.84. The van der Waals surface area contributed by atoms with Crippen molar-refractivity contribution in [3.63, 3.8) is 0 Å². The highest BCUT2D eigenvalue weighted by Crippen LogP contribution is 2.28. The van der Waals surface area contributed by atoms with Crippen molar-refractivity contribution >= 4 is 0 Å². The van der Waals surface area contributed by atoms with Crippen molar-refractivity contribution in [1.29, 1.82) is 0 Å². The molecular weight excluding hydrogens is 210 g/mol. The maximum atomic E-state index is 9.48. The molecule has 1 saturated heterocycles. The van der Waals surface area contributed by atoms with Gasteiger partial charge in [0.25, 0.3) is 0 Å². The Morgan fingerprint density at radius 1 is 1.41 bits per heavy atom. The van der Waals surface area contributed by atoms with Gasteiger partial charge in [0.1, 0.15) is 0 Å². The Bertz CT molecular complexity index is 300. The third kappa shape index (κ3) is 3.68. The summed E-state index contributed by atoms with van der Waals surface area (Å²) >= 11 is 0. The van der Waals surface area contributed by atoms with E-state index in [0.717, 1.165) is 32.5 Å². The summed E-state index contributed by atoms with van der Waals surface area (Å²) in [5.41, 5.74) is 2.93. The van der Waals surface area contributed by atoms with Crippen LogP contribution >= 0.6 is 0 Å². The summed E-state index contributed by atoms with van der Waals surface area (Å²) in [5, 5.41) is 9.48. The summed E-state index contributed by atoms with van der Waals surface area (Å²) in [4.78, 5) is 2.49. The smallest absolute Gasteiger partial charge is 0.0564 e. The minimum atomic E-state index is -0.0561. The molecule has 0 aromatic heterocycles. The molecule has 1 aliphatic carbocycles. The van der Waals surface area contributed by atoms with Crippen LogP contribution in [0, 0.1) is 5.92 Å². The van der Waals surface area contributed by atoms with E-state index in [1.807, 2.05) is 0 Å². The highest BCUT2D eigenvalue weighted by molar-refractivity contribution is 5.13. The van der Waals surface area contributed by atoms with Gasteiger partial charge in [-0.25, -0.2) is 0 Å². The number of piperidine rings is 1. The average Bonchev–Trinajstić information content (AvgIpc) is 2.33. The third-order valence-corrected chi connectivity index (χ3v) is 4.19. The molecule has 1 aliphatic heterocycles. The predicted molar refractivity (Wildman–Crippen MR) is 71.9 cm³/mol. The van der Waals surface area contributed by atoms with Crippen LogP contribution in [0.15, 0.2) is 23.8 Å². The molecule has 1 N–H and O–H groups in total. The van der Waals surface area contributed by atoms with E-state index in [0.29, 0.717) is 5.92 Å². The maximum Gasteiger partial charge on any atom is 0.0564 e. The van der Waals surface area contributed by atoms with E-state index in [1.165, 1.54) is 24.8 Å². The van der Waals surface area contributed by atoms with E-state index in [9.17, 15) is 5.11 Å². The van der Waals surface area contributed by atoms with Gasteiger partial charge < -0.3 is 5.11 Å². The van der Waals surface area contributed by atoms with Crippen molar-refractivity contribution in [3.8, 4) is 0 Å². The summed E-state index contributed by atoms with van der Waals surface area (Å²) in [6, 6.07) is 0. The Morgan fingerprint density at radius 3 is 2.65 bits per heavy atom. The van der Waals surface area contributed by atoms with Gasteiger partial charge >= 0.3 is 0 Å². The quantitative estimate of drug-likeness (QED) is 0.760. The van der Waals surface area contributed by atoms with Gasteiger partial charge in [0, 0.05) is 19.6 Å². The summed E-state index contributed by atoms with van der Waals surface area (Å²) in [5.74, 6) is 0.710. The van der Waals surface area contributed by atoms with Crippen LogP contribution in [0.5, 0.6) is 0 Å². The maximum absolute atomic E-state index is 9.48. The third-order valence-electron chi connectivity index (χ3n) is 4.19. The number of hydrogen-bond donors (Lipinski definition) is 1. The molecule has 1 fully saturated rings. The van der Waals surface area contributed by atoms with E-state index in [-0.39, 0.29) is 6.10 Å². The van der Waals surface area contributed by atoms with Crippen molar-refractivity contribution in [2.75, 3.05) is 19.6 Å². The monoisotopic (exact) mass is 235 g/mol. The summed E-state index contributed by atoms with van der Waals surface area (Å²) in [7, 11) is 0. The second-order valence-corrected chi connectivity index (χ2v) is 5.69. The summed E-state index contributed by atoms with van der Waals surface area (Å²) in [6.07, 6.45) is 7.95. The van der Waals surface area contributed by atoms with E-state index in [2.05, 4.69) is 24.5 Å². The molecule has 0 aromatic rings. The second-order valence-electron chi connectivity index (χ2n) is 5.69. The Labute approximate surface area is 105 Å². The number of aliphatic hydroxyl groups is 1. The van der Waals surface area contributed by atoms with Gasteiger partial charge in [-0.05, 0) is 44.9 Å². The van der Waals surface area contributed by atoms with Crippen molar-refractivity contribution in [3.05, 3.63) is 23.8 Å². The highest BCUT2D eigenvalue weighted by Gasteiger charge is 2.20. The highest BCUT2D eigenvalue weighted by atomic mass is 16.3. The molecule has 2 heteroatoms. The van der Waals surface area contributed by atoms with Crippen LogP contribution in [0.4, 0.5) is 0 Å². The van der Waals surface area contributed by atoms with E-state index in [1.54, 1.807) is 5.57 Å². The molecule has 2 aliphatic rings. The molecule has 0 amide bonds. The van der Waals surface area contributed by atoms with Gasteiger partial charge in [-0.3, -0.25) is 4.90 Å². The first-order valence-corrected chi connectivity index (χ1v) is 6.89. The second kappa shape index (κ2) is 5.83. The van der Waals surface area contributed by atoms with Crippen LogP contribution in [0.1, 0.15) is 39.0 Å². The Balaban J connectivity index is 1.79. The van der Waals surface area contributed by atoms with Crippen LogP contribution in [-0.4, -0.2) is 35.7 Å². The van der Waals surface area contributed by atoms with E-state index in [4.69, 9.17) is 0 Å². The van der Waals surface area contributed by atoms with E-state index >= 15 is 0 Å². The fraction of sp³-hybridized carbons (Fsp3) is 0.733. The predicted octanol–water partition coefficient (Wildman–Crippen LogP) is 2.75. The first-order valence-electron chi connectivity index (χ1n) is 6.89. The molecule has 1 heterocycles. The van der Waals surface area contributed by atoms with Crippen LogP contribution in [0.25, 0.3) is 0 Å². The molecule has 1 atom stereocenters. The zero-order valence-corrected chi connectivity index (χ0v) is 11.0. The van der Waals surface area contributed by atoms with Gasteiger partial charge in [-0.2, -0.15) is 0 Å². The van der Waals surface area contributed by atoms with Gasteiger partial charge in [0.2, 0.25) is 0 Å². The molecule has 17 heavy (non-hydrogen) atoms. The number of aliphatic hydroxyl groups excluding tert-OH is 1. The van der Waals surface area contributed by atoms with E-state index < -0.39 is 0 Å². The first kappa shape index (κ1) is 12.8. The van der Waals surface area contributed by atoms with Crippen LogP contribution in [-0.2, 0) is 0 Å². The lowest BCUT2D eigenvalue weighted by atomic mass is 9.85. The minimum absolute atomic E-state index is 0.0561. The molecule has 0 saturated carbocycles. The lowest BCUT2D eigenvalue weighted by molar-refractivity contribution is 0.0863.